The lowest BCUT2D eigenvalue weighted by Gasteiger charge is -2.32. The van der Waals surface area contributed by atoms with E-state index in [0.717, 1.165) is 42.5 Å². The van der Waals surface area contributed by atoms with E-state index in [9.17, 15) is 9.18 Å². The summed E-state index contributed by atoms with van der Waals surface area (Å²) in [5.74, 6) is 0.299. The van der Waals surface area contributed by atoms with Gasteiger partial charge in [-0.1, -0.05) is 48.5 Å². The number of halogens is 1. The number of carbonyl (C=O) groups is 1. The Bertz CT molecular complexity index is 1220. The van der Waals surface area contributed by atoms with Crippen LogP contribution >= 0.6 is 0 Å². The molecule has 1 fully saturated rings. The van der Waals surface area contributed by atoms with Crippen LogP contribution in [0.25, 0.3) is 10.9 Å². The van der Waals surface area contributed by atoms with Crippen molar-refractivity contribution in [3.05, 3.63) is 107 Å². The number of aromatic nitrogens is 1. The van der Waals surface area contributed by atoms with Crippen molar-refractivity contribution in [2.75, 3.05) is 19.6 Å². The SMILES string of the molecule is O=C(Cc1ccc(F)cc1)c1cc2cc(C3CCN(CCc4ccccc4)CC3)ccc2[nH]1. The molecule has 1 N–H and O–H groups in total. The fourth-order valence-corrected chi connectivity index (χ4v) is 4.86. The monoisotopic (exact) mass is 440 g/mol. The van der Waals surface area contributed by atoms with E-state index < -0.39 is 0 Å². The van der Waals surface area contributed by atoms with Crippen LogP contribution in [0, 0.1) is 5.82 Å². The summed E-state index contributed by atoms with van der Waals surface area (Å²) in [5, 5.41) is 1.08. The largest absolute Gasteiger partial charge is 0.352 e. The lowest BCUT2D eigenvalue weighted by atomic mass is 9.88. The quantitative estimate of drug-likeness (QED) is 0.350. The van der Waals surface area contributed by atoms with Crippen LogP contribution in [0.2, 0.25) is 0 Å². The van der Waals surface area contributed by atoms with Gasteiger partial charge in [0.1, 0.15) is 5.82 Å². The molecule has 0 atom stereocenters. The van der Waals surface area contributed by atoms with Gasteiger partial charge in [-0.2, -0.15) is 0 Å². The second-order valence-corrected chi connectivity index (χ2v) is 9.11. The maximum Gasteiger partial charge on any atom is 0.183 e. The van der Waals surface area contributed by atoms with E-state index in [1.807, 2.05) is 6.07 Å². The molecule has 1 aromatic heterocycles. The van der Waals surface area contributed by atoms with Crippen LogP contribution in [0.5, 0.6) is 0 Å². The number of carbonyl (C=O) groups excluding carboxylic acids is 1. The van der Waals surface area contributed by atoms with Crippen molar-refractivity contribution < 1.29 is 9.18 Å². The van der Waals surface area contributed by atoms with Crippen molar-refractivity contribution in [3.8, 4) is 0 Å². The van der Waals surface area contributed by atoms with Crippen molar-refractivity contribution in [3.63, 3.8) is 0 Å². The molecule has 0 amide bonds. The predicted molar refractivity (Wildman–Crippen MR) is 131 cm³/mol. The molecule has 0 bridgehead atoms. The molecule has 0 saturated carbocycles. The molecule has 5 rings (SSSR count). The Morgan fingerprint density at radius 1 is 0.909 bits per heavy atom. The molecular formula is C29H29FN2O. The predicted octanol–water partition coefficient (Wildman–Crippen LogP) is 6.15. The van der Waals surface area contributed by atoms with Gasteiger partial charge in [-0.15, -0.1) is 0 Å². The summed E-state index contributed by atoms with van der Waals surface area (Å²) in [6, 6.07) is 25.3. The normalized spacial score (nSPS) is 15.2. The van der Waals surface area contributed by atoms with E-state index in [1.165, 1.54) is 36.1 Å². The average molecular weight is 441 g/mol. The summed E-state index contributed by atoms with van der Waals surface area (Å²) in [4.78, 5) is 18.6. The third-order valence-electron chi connectivity index (χ3n) is 6.84. The van der Waals surface area contributed by atoms with Crippen LogP contribution in [-0.4, -0.2) is 35.3 Å². The molecule has 33 heavy (non-hydrogen) atoms. The fourth-order valence-electron chi connectivity index (χ4n) is 4.86. The molecule has 0 radical (unpaired) electrons. The van der Waals surface area contributed by atoms with E-state index in [4.69, 9.17) is 0 Å². The topological polar surface area (TPSA) is 36.1 Å². The maximum atomic E-state index is 13.1. The smallest absolute Gasteiger partial charge is 0.183 e. The lowest BCUT2D eigenvalue weighted by Crippen LogP contribution is -2.34. The molecule has 0 spiro atoms. The molecule has 4 heteroatoms. The minimum Gasteiger partial charge on any atom is -0.352 e. The zero-order valence-corrected chi connectivity index (χ0v) is 18.8. The molecule has 1 saturated heterocycles. The van der Waals surface area contributed by atoms with Gasteiger partial charge >= 0.3 is 0 Å². The first kappa shape index (κ1) is 21.6. The molecule has 0 unspecified atom stereocenters. The van der Waals surface area contributed by atoms with Crippen molar-refractivity contribution >= 4 is 16.7 Å². The van der Waals surface area contributed by atoms with Gasteiger partial charge in [-0.3, -0.25) is 4.79 Å². The van der Waals surface area contributed by atoms with Crippen molar-refractivity contribution in [1.82, 2.24) is 9.88 Å². The number of rotatable bonds is 7. The number of hydrogen-bond donors (Lipinski definition) is 1. The second-order valence-electron chi connectivity index (χ2n) is 9.11. The number of nitrogens with zero attached hydrogens (tertiary/aromatic N) is 1. The Hall–Kier alpha value is -3.24. The fraction of sp³-hybridized carbons (Fsp3) is 0.276. The molecule has 1 aliphatic heterocycles. The van der Waals surface area contributed by atoms with E-state index in [1.54, 1.807) is 12.1 Å². The van der Waals surface area contributed by atoms with Crippen LogP contribution in [0.4, 0.5) is 4.39 Å². The first-order valence-corrected chi connectivity index (χ1v) is 11.8. The van der Waals surface area contributed by atoms with E-state index in [0.29, 0.717) is 11.6 Å². The van der Waals surface area contributed by atoms with E-state index in [-0.39, 0.29) is 18.0 Å². The number of Topliss-reactive ketones (excluding diaryl/α,β-unsaturated/α-hetero) is 1. The molecule has 168 valence electrons. The molecule has 0 aliphatic carbocycles. The highest BCUT2D eigenvalue weighted by Crippen LogP contribution is 2.30. The number of aromatic amines is 1. The van der Waals surface area contributed by atoms with Crippen LogP contribution < -0.4 is 0 Å². The first-order valence-electron chi connectivity index (χ1n) is 11.8. The van der Waals surface area contributed by atoms with Gasteiger partial charge in [-0.05, 0) is 85.3 Å². The van der Waals surface area contributed by atoms with Gasteiger partial charge in [0.05, 0.1) is 5.69 Å². The molecule has 3 nitrogen and oxygen atoms in total. The average Bonchev–Trinajstić information content (AvgIpc) is 3.29. The third-order valence-corrected chi connectivity index (χ3v) is 6.84. The summed E-state index contributed by atoms with van der Waals surface area (Å²) < 4.78 is 13.1. The van der Waals surface area contributed by atoms with Gasteiger partial charge < -0.3 is 9.88 Å². The van der Waals surface area contributed by atoms with E-state index >= 15 is 0 Å². The van der Waals surface area contributed by atoms with Gasteiger partial charge in [0.2, 0.25) is 0 Å². The Balaban J connectivity index is 1.20. The van der Waals surface area contributed by atoms with Crippen LogP contribution in [0.1, 0.15) is 45.9 Å². The molecular weight excluding hydrogens is 411 g/mol. The Labute approximate surface area is 194 Å². The van der Waals surface area contributed by atoms with Gasteiger partial charge in [-0.25, -0.2) is 4.39 Å². The van der Waals surface area contributed by atoms with Crippen molar-refractivity contribution in [2.24, 2.45) is 0 Å². The summed E-state index contributed by atoms with van der Waals surface area (Å²) >= 11 is 0. The van der Waals surface area contributed by atoms with Crippen LogP contribution in [0.15, 0.2) is 78.9 Å². The number of ketones is 1. The van der Waals surface area contributed by atoms with Crippen LogP contribution in [0.3, 0.4) is 0 Å². The maximum absolute atomic E-state index is 13.1. The highest BCUT2D eigenvalue weighted by molar-refractivity contribution is 6.00. The number of nitrogens with one attached hydrogen (secondary N) is 1. The number of likely N-dealkylation sites (tertiary alicyclic amines) is 1. The zero-order valence-electron chi connectivity index (χ0n) is 18.8. The van der Waals surface area contributed by atoms with Gasteiger partial charge in [0.25, 0.3) is 0 Å². The highest BCUT2D eigenvalue weighted by Gasteiger charge is 2.21. The molecule has 3 aromatic carbocycles. The van der Waals surface area contributed by atoms with Crippen molar-refractivity contribution in [1.29, 1.82) is 0 Å². The summed E-state index contributed by atoms with van der Waals surface area (Å²) in [6.07, 6.45) is 3.71. The summed E-state index contributed by atoms with van der Waals surface area (Å²) in [6.45, 7) is 3.38. The summed E-state index contributed by atoms with van der Waals surface area (Å²) in [5.41, 5.74) is 5.19. The third kappa shape index (κ3) is 5.23. The number of fused-ring (bicyclic) bond motifs is 1. The molecule has 2 heterocycles. The minimum atomic E-state index is -0.286. The Kier molecular flexibility index (Phi) is 6.36. The van der Waals surface area contributed by atoms with E-state index in [2.05, 4.69) is 58.4 Å². The first-order chi connectivity index (χ1) is 16.1. The minimum absolute atomic E-state index is 0.0195. The number of benzene rings is 3. The van der Waals surface area contributed by atoms with Gasteiger partial charge in [0, 0.05) is 23.9 Å². The standard InChI is InChI=1S/C29H29FN2O/c30-26-9-6-22(7-10-26)18-29(33)28-20-25-19-24(8-11-27(25)31-28)23-13-16-32(17-14-23)15-12-21-4-2-1-3-5-21/h1-11,19-20,23,31H,12-18H2. The second kappa shape index (κ2) is 9.72. The zero-order chi connectivity index (χ0) is 22.6. The Morgan fingerprint density at radius 2 is 1.67 bits per heavy atom. The Morgan fingerprint density at radius 3 is 2.42 bits per heavy atom. The lowest BCUT2D eigenvalue weighted by molar-refractivity contribution is 0.0989. The number of H-pyrrole nitrogens is 1. The van der Waals surface area contributed by atoms with Crippen molar-refractivity contribution in [2.45, 2.75) is 31.6 Å². The number of piperidine rings is 1. The molecule has 1 aliphatic rings. The van der Waals surface area contributed by atoms with Crippen LogP contribution in [-0.2, 0) is 12.8 Å². The summed E-state index contributed by atoms with van der Waals surface area (Å²) in [7, 11) is 0. The molecule has 4 aromatic rings. The number of hydrogen-bond acceptors (Lipinski definition) is 2. The highest BCUT2D eigenvalue weighted by atomic mass is 19.1. The van der Waals surface area contributed by atoms with Gasteiger partial charge in [0.15, 0.2) is 5.78 Å².